The maximum absolute atomic E-state index is 12.0. The summed E-state index contributed by atoms with van der Waals surface area (Å²) in [6, 6.07) is 0. The van der Waals surface area contributed by atoms with Gasteiger partial charge in [0.1, 0.15) is 11.9 Å². The maximum Gasteiger partial charge on any atom is 0.306 e. The molecule has 0 aliphatic heterocycles. The highest BCUT2D eigenvalue weighted by Crippen LogP contribution is 2.16. The zero-order chi connectivity index (χ0) is 25.2. The fraction of sp³-hybridized carbons (Fsp3) is 0.857. The molecule has 1 aliphatic rings. The Morgan fingerprint density at radius 2 is 1.31 bits per heavy atom. The summed E-state index contributed by atoms with van der Waals surface area (Å²) in [7, 11) is 0. The minimum absolute atomic E-state index is 0.0580. The number of ketones is 1. The van der Waals surface area contributed by atoms with Crippen molar-refractivity contribution >= 4 is 11.8 Å². The lowest BCUT2D eigenvalue weighted by atomic mass is 10.1. The van der Waals surface area contributed by atoms with Gasteiger partial charge in [-0.15, -0.1) is 0 Å². The van der Waals surface area contributed by atoms with Crippen molar-refractivity contribution in [3.05, 3.63) is 12.2 Å². The van der Waals surface area contributed by atoms with Gasteiger partial charge in [-0.25, -0.2) is 0 Å². The van der Waals surface area contributed by atoms with Crippen molar-refractivity contribution in [2.24, 2.45) is 0 Å². The first-order chi connectivity index (χ1) is 17.2. The monoisotopic (exact) mass is 498 g/mol. The molecule has 35 heavy (non-hydrogen) atoms. The Morgan fingerprint density at radius 3 is 2.03 bits per heavy atom. The number of allylic oxidation sites excluding steroid dienone is 2. The minimum Gasteiger partial charge on any atom is -0.462 e. The number of ether oxygens (including phenoxy) is 5. The van der Waals surface area contributed by atoms with Crippen LogP contribution in [0.3, 0.4) is 0 Å². The topological polar surface area (TPSA) is 80.3 Å². The second-order valence-electron chi connectivity index (χ2n) is 9.10. The van der Waals surface area contributed by atoms with E-state index in [1.807, 2.05) is 0 Å². The number of esters is 1. The van der Waals surface area contributed by atoms with Crippen LogP contribution in [0.5, 0.6) is 0 Å². The zero-order valence-electron chi connectivity index (χ0n) is 22.1. The lowest BCUT2D eigenvalue weighted by Gasteiger charge is -2.16. The van der Waals surface area contributed by atoms with Crippen LogP contribution < -0.4 is 0 Å². The minimum atomic E-state index is -0.117. The molecule has 0 saturated heterocycles. The van der Waals surface area contributed by atoms with Crippen LogP contribution in [0, 0.1) is 0 Å². The lowest BCUT2D eigenvalue weighted by Crippen LogP contribution is -2.18. The van der Waals surface area contributed by atoms with Gasteiger partial charge < -0.3 is 23.7 Å². The normalized spacial score (nSPS) is 17.3. The van der Waals surface area contributed by atoms with E-state index in [1.54, 1.807) is 0 Å². The molecule has 204 valence electrons. The smallest absolute Gasteiger partial charge is 0.306 e. The van der Waals surface area contributed by atoms with Gasteiger partial charge in [-0.3, -0.25) is 9.59 Å². The van der Waals surface area contributed by atoms with E-state index >= 15 is 0 Å². The Kier molecular flexibility index (Phi) is 22.1. The van der Waals surface area contributed by atoms with Gasteiger partial charge in [0.15, 0.2) is 0 Å². The second-order valence-corrected chi connectivity index (χ2v) is 9.10. The number of Topliss-reactive ketones (excluding diaryl/α,β-unsaturated/α-hetero) is 1. The Hall–Kier alpha value is -1.28. The van der Waals surface area contributed by atoms with Crippen molar-refractivity contribution in [2.45, 2.75) is 103 Å². The van der Waals surface area contributed by atoms with Crippen molar-refractivity contribution in [1.82, 2.24) is 0 Å². The molecule has 0 aromatic carbocycles. The maximum atomic E-state index is 12.0. The van der Waals surface area contributed by atoms with E-state index in [0.717, 1.165) is 44.9 Å². The molecule has 1 rings (SSSR count). The van der Waals surface area contributed by atoms with Gasteiger partial charge in [0, 0.05) is 25.9 Å². The average Bonchev–Trinajstić information content (AvgIpc) is 2.98. The van der Waals surface area contributed by atoms with Crippen LogP contribution in [-0.4, -0.2) is 70.7 Å². The van der Waals surface area contributed by atoms with E-state index in [1.165, 1.54) is 19.3 Å². The van der Waals surface area contributed by atoms with Crippen LogP contribution in [0.15, 0.2) is 12.2 Å². The van der Waals surface area contributed by atoms with Crippen molar-refractivity contribution in [1.29, 1.82) is 0 Å². The first kappa shape index (κ1) is 31.7. The van der Waals surface area contributed by atoms with Crippen LogP contribution in [0.1, 0.15) is 96.8 Å². The first-order valence-electron chi connectivity index (χ1n) is 13.9. The number of unbranched alkanes of at least 4 members (excludes halogenated alkanes) is 3. The first-order valence-corrected chi connectivity index (χ1v) is 13.9. The van der Waals surface area contributed by atoms with Crippen LogP contribution in [0.25, 0.3) is 0 Å². The predicted molar refractivity (Wildman–Crippen MR) is 138 cm³/mol. The number of carbonyl (C=O) groups excluding carboxylic acids is 2. The summed E-state index contributed by atoms with van der Waals surface area (Å²) in [5, 5.41) is 0. The van der Waals surface area contributed by atoms with Gasteiger partial charge in [0.25, 0.3) is 0 Å². The summed E-state index contributed by atoms with van der Waals surface area (Å²) in [5.41, 5.74) is 0. The highest BCUT2D eigenvalue weighted by atomic mass is 16.6. The highest BCUT2D eigenvalue weighted by molar-refractivity contribution is 5.78. The molecule has 0 saturated carbocycles. The quantitative estimate of drug-likeness (QED) is 0.109. The molecule has 0 bridgehead atoms. The Balaban J connectivity index is 1.79. The lowest BCUT2D eigenvalue weighted by molar-refractivity contribution is -0.150. The number of hydrogen-bond acceptors (Lipinski definition) is 7. The summed E-state index contributed by atoms with van der Waals surface area (Å²) in [6.07, 6.45) is 17.5. The van der Waals surface area contributed by atoms with Crippen LogP contribution in [-0.2, 0) is 33.3 Å². The van der Waals surface area contributed by atoms with Gasteiger partial charge in [-0.1, -0.05) is 38.3 Å². The molecule has 0 spiro atoms. The standard InChI is InChI=1S/C28H50O7/c1-2-3-4-9-13-26(29)17-19-32-21-23-34-25-24-33-22-20-31-18-12-16-28(30)35-27-14-10-7-5-6-8-11-15-27/h5,7,27H,2-4,6,8-25H2,1H3/b7-5+. The van der Waals surface area contributed by atoms with Gasteiger partial charge in [-0.2, -0.15) is 0 Å². The van der Waals surface area contributed by atoms with Crippen molar-refractivity contribution in [2.75, 3.05) is 52.9 Å². The van der Waals surface area contributed by atoms with Crippen molar-refractivity contribution in [3.63, 3.8) is 0 Å². The van der Waals surface area contributed by atoms with E-state index in [0.29, 0.717) is 78.5 Å². The Bertz CT molecular complexity index is 535. The fourth-order valence-corrected chi connectivity index (χ4v) is 3.80. The number of rotatable bonds is 22. The highest BCUT2D eigenvalue weighted by Gasteiger charge is 2.14. The van der Waals surface area contributed by atoms with Crippen LogP contribution >= 0.6 is 0 Å². The predicted octanol–water partition coefficient (Wildman–Crippen LogP) is 5.58. The molecule has 0 fully saturated rings. The summed E-state index contributed by atoms with van der Waals surface area (Å²) in [6.45, 7) is 6.16. The molecule has 7 nitrogen and oxygen atoms in total. The fourth-order valence-electron chi connectivity index (χ4n) is 3.80. The van der Waals surface area contributed by atoms with E-state index in [9.17, 15) is 9.59 Å². The van der Waals surface area contributed by atoms with E-state index in [4.69, 9.17) is 23.7 Å². The molecule has 0 heterocycles. The SMILES string of the molecule is CCCCCCC(=O)CCOCCOCCOCCOCCCC(=O)OC1CC/C=C/CCCC1. The molecule has 1 atom stereocenters. The Morgan fingerprint density at radius 1 is 0.657 bits per heavy atom. The molecular formula is C28H50O7. The van der Waals surface area contributed by atoms with Crippen LogP contribution in [0.4, 0.5) is 0 Å². The van der Waals surface area contributed by atoms with Crippen molar-refractivity contribution in [3.8, 4) is 0 Å². The molecule has 1 aliphatic carbocycles. The van der Waals surface area contributed by atoms with E-state index in [2.05, 4.69) is 19.1 Å². The third kappa shape index (κ3) is 21.7. The summed E-state index contributed by atoms with van der Waals surface area (Å²) < 4.78 is 27.5. The van der Waals surface area contributed by atoms with E-state index in [-0.39, 0.29) is 17.9 Å². The zero-order valence-corrected chi connectivity index (χ0v) is 22.1. The molecule has 7 heteroatoms. The molecule has 0 N–H and O–H groups in total. The Labute approximate surface area is 213 Å². The number of carbonyl (C=O) groups is 2. The summed E-state index contributed by atoms with van der Waals surface area (Å²) in [5.74, 6) is 0.171. The van der Waals surface area contributed by atoms with Crippen molar-refractivity contribution < 1.29 is 33.3 Å². The van der Waals surface area contributed by atoms with Gasteiger partial charge in [0.05, 0.1) is 46.2 Å². The van der Waals surface area contributed by atoms with E-state index < -0.39 is 0 Å². The number of hydrogen-bond donors (Lipinski definition) is 0. The molecule has 0 amide bonds. The molecule has 0 radical (unpaired) electrons. The van der Waals surface area contributed by atoms with Gasteiger partial charge >= 0.3 is 5.97 Å². The molecular weight excluding hydrogens is 448 g/mol. The van der Waals surface area contributed by atoms with Crippen LogP contribution in [0.2, 0.25) is 0 Å². The summed E-state index contributed by atoms with van der Waals surface area (Å²) >= 11 is 0. The largest absolute Gasteiger partial charge is 0.462 e. The summed E-state index contributed by atoms with van der Waals surface area (Å²) in [4.78, 5) is 23.7. The average molecular weight is 499 g/mol. The molecule has 1 unspecified atom stereocenters. The van der Waals surface area contributed by atoms with Gasteiger partial charge in [0.2, 0.25) is 0 Å². The third-order valence-corrected chi connectivity index (χ3v) is 5.89. The molecule has 0 aromatic heterocycles. The van der Waals surface area contributed by atoms with Gasteiger partial charge in [-0.05, 0) is 51.4 Å². The third-order valence-electron chi connectivity index (χ3n) is 5.89. The molecule has 0 aromatic rings. The second kappa shape index (κ2) is 24.4.